The van der Waals surface area contributed by atoms with Gasteiger partial charge in [0.2, 0.25) is 5.95 Å². The number of benzene rings is 1. The summed E-state index contributed by atoms with van der Waals surface area (Å²) in [6.45, 7) is 1.72. The molecule has 122 valence electrons. The van der Waals surface area contributed by atoms with Gasteiger partial charge in [0, 0.05) is 42.8 Å². The van der Waals surface area contributed by atoms with Gasteiger partial charge in [-0.3, -0.25) is 5.10 Å². The van der Waals surface area contributed by atoms with Gasteiger partial charge in [-0.15, -0.1) is 0 Å². The van der Waals surface area contributed by atoms with Crippen LogP contribution in [0, 0.1) is 0 Å². The fourth-order valence-corrected chi connectivity index (χ4v) is 2.84. The average molecular weight is 321 g/mol. The topological polar surface area (TPSA) is 95.7 Å². The highest BCUT2D eigenvalue weighted by molar-refractivity contribution is 5.66. The summed E-state index contributed by atoms with van der Waals surface area (Å²) in [6, 6.07) is 10.2. The van der Waals surface area contributed by atoms with Crippen molar-refractivity contribution < 1.29 is 0 Å². The number of nitrogens with two attached hydrogens (primary N) is 1. The minimum absolute atomic E-state index is 0.209. The van der Waals surface area contributed by atoms with Crippen LogP contribution >= 0.6 is 0 Å². The molecular weight excluding hydrogens is 302 g/mol. The Morgan fingerprint density at radius 1 is 1.17 bits per heavy atom. The molecular formula is C17H19N7. The van der Waals surface area contributed by atoms with Gasteiger partial charge < -0.3 is 16.0 Å². The molecule has 0 radical (unpaired) electrons. The summed E-state index contributed by atoms with van der Waals surface area (Å²) in [6.07, 6.45) is 6.44. The van der Waals surface area contributed by atoms with E-state index < -0.39 is 0 Å². The van der Waals surface area contributed by atoms with Gasteiger partial charge in [-0.2, -0.15) is 10.1 Å². The quantitative estimate of drug-likeness (QED) is 0.681. The van der Waals surface area contributed by atoms with E-state index in [1.165, 1.54) is 0 Å². The van der Waals surface area contributed by atoms with Gasteiger partial charge in [0.15, 0.2) is 0 Å². The Labute approximate surface area is 139 Å². The van der Waals surface area contributed by atoms with Crippen LogP contribution < -0.4 is 16.0 Å². The summed E-state index contributed by atoms with van der Waals surface area (Å²) in [5.74, 6) is 1.50. The molecule has 0 bridgehead atoms. The number of nitrogens with one attached hydrogen (secondary N) is 2. The van der Waals surface area contributed by atoms with E-state index in [0.29, 0.717) is 0 Å². The predicted octanol–water partition coefficient (Wildman–Crippen LogP) is 2.15. The van der Waals surface area contributed by atoms with Crippen molar-refractivity contribution in [2.45, 2.75) is 12.5 Å². The summed E-state index contributed by atoms with van der Waals surface area (Å²) >= 11 is 0. The SMILES string of the molecule is NC1CCN(c2nccc(Nc3ccc(-c4cn[nH]c4)cc3)n2)C1. The Morgan fingerprint density at radius 3 is 2.75 bits per heavy atom. The summed E-state index contributed by atoms with van der Waals surface area (Å²) in [7, 11) is 0. The van der Waals surface area contributed by atoms with Crippen LogP contribution in [0.25, 0.3) is 11.1 Å². The van der Waals surface area contributed by atoms with Gasteiger partial charge in [0.1, 0.15) is 5.82 Å². The third kappa shape index (κ3) is 3.07. The molecule has 1 aliphatic heterocycles. The Hall–Kier alpha value is -2.93. The minimum Gasteiger partial charge on any atom is -0.340 e. The normalized spacial score (nSPS) is 17.2. The van der Waals surface area contributed by atoms with Crippen LogP contribution in [-0.4, -0.2) is 39.3 Å². The lowest BCUT2D eigenvalue weighted by Crippen LogP contribution is -2.27. The Kier molecular flexibility index (Phi) is 3.84. The lowest BCUT2D eigenvalue weighted by atomic mass is 10.1. The van der Waals surface area contributed by atoms with Crippen molar-refractivity contribution >= 4 is 17.5 Å². The van der Waals surface area contributed by atoms with Crippen LogP contribution in [0.15, 0.2) is 48.9 Å². The van der Waals surface area contributed by atoms with E-state index >= 15 is 0 Å². The Morgan fingerprint density at radius 2 is 2.04 bits per heavy atom. The lowest BCUT2D eigenvalue weighted by Gasteiger charge is -2.16. The van der Waals surface area contributed by atoms with E-state index in [1.807, 2.05) is 24.4 Å². The van der Waals surface area contributed by atoms with E-state index in [1.54, 1.807) is 12.4 Å². The van der Waals surface area contributed by atoms with Crippen molar-refractivity contribution in [2.75, 3.05) is 23.3 Å². The second-order valence-corrected chi connectivity index (χ2v) is 5.93. The molecule has 0 amide bonds. The van der Waals surface area contributed by atoms with E-state index in [4.69, 9.17) is 5.73 Å². The summed E-state index contributed by atoms with van der Waals surface area (Å²) in [5, 5.41) is 10.1. The number of anilines is 3. The fraction of sp³-hybridized carbons (Fsp3) is 0.235. The minimum atomic E-state index is 0.209. The van der Waals surface area contributed by atoms with Crippen LogP contribution in [0.1, 0.15) is 6.42 Å². The summed E-state index contributed by atoms with van der Waals surface area (Å²) < 4.78 is 0. The number of aromatic amines is 1. The number of hydrogen-bond acceptors (Lipinski definition) is 6. The highest BCUT2D eigenvalue weighted by atomic mass is 15.3. The molecule has 24 heavy (non-hydrogen) atoms. The van der Waals surface area contributed by atoms with Crippen molar-refractivity contribution in [1.82, 2.24) is 20.2 Å². The first-order valence-corrected chi connectivity index (χ1v) is 7.98. The molecule has 4 N–H and O–H groups in total. The Bertz CT molecular complexity index is 798. The number of H-pyrrole nitrogens is 1. The maximum atomic E-state index is 5.96. The van der Waals surface area contributed by atoms with Crippen molar-refractivity contribution in [1.29, 1.82) is 0 Å². The lowest BCUT2D eigenvalue weighted by molar-refractivity contribution is 0.750. The summed E-state index contributed by atoms with van der Waals surface area (Å²) in [4.78, 5) is 11.1. The molecule has 4 rings (SSSR count). The van der Waals surface area contributed by atoms with E-state index in [2.05, 4.69) is 42.5 Å². The zero-order valence-corrected chi connectivity index (χ0v) is 13.2. The highest BCUT2D eigenvalue weighted by Gasteiger charge is 2.21. The molecule has 0 spiro atoms. The molecule has 3 heterocycles. The maximum absolute atomic E-state index is 5.96. The number of aromatic nitrogens is 4. The van der Waals surface area contributed by atoms with Crippen LogP contribution in [0.2, 0.25) is 0 Å². The van der Waals surface area contributed by atoms with Gasteiger partial charge in [-0.1, -0.05) is 12.1 Å². The first-order valence-electron chi connectivity index (χ1n) is 7.98. The van der Waals surface area contributed by atoms with Crippen molar-refractivity contribution in [3.05, 3.63) is 48.9 Å². The van der Waals surface area contributed by atoms with Crippen molar-refractivity contribution in [3.63, 3.8) is 0 Å². The molecule has 1 unspecified atom stereocenters. The molecule has 1 saturated heterocycles. The monoisotopic (exact) mass is 321 g/mol. The third-order valence-electron chi connectivity index (χ3n) is 4.14. The van der Waals surface area contributed by atoms with Gasteiger partial charge in [0.25, 0.3) is 0 Å². The zero-order valence-electron chi connectivity index (χ0n) is 13.2. The highest BCUT2D eigenvalue weighted by Crippen LogP contribution is 2.23. The summed E-state index contributed by atoms with van der Waals surface area (Å²) in [5.41, 5.74) is 9.12. The molecule has 1 atom stereocenters. The van der Waals surface area contributed by atoms with Gasteiger partial charge >= 0.3 is 0 Å². The number of hydrogen-bond donors (Lipinski definition) is 3. The maximum Gasteiger partial charge on any atom is 0.227 e. The van der Waals surface area contributed by atoms with Gasteiger partial charge in [0.05, 0.1) is 6.20 Å². The molecule has 1 aliphatic rings. The predicted molar refractivity (Wildman–Crippen MR) is 94.1 cm³/mol. The fourth-order valence-electron chi connectivity index (χ4n) is 2.84. The Balaban J connectivity index is 1.49. The smallest absolute Gasteiger partial charge is 0.227 e. The van der Waals surface area contributed by atoms with Crippen molar-refractivity contribution in [2.24, 2.45) is 5.73 Å². The third-order valence-corrected chi connectivity index (χ3v) is 4.14. The molecule has 2 aromatic heterocycles. The largest absolute Gasteiger partial charge is 0.340 e. The zero-order chi connectivity index (χ0) is 16.4. The first kappa shape index (κ1) is 14.6. The molecule has 0 saturated carbocycles. The molecule has 7 nitrogen and oxygen atoms in total. The number of rotatable bonds is 4. The van der Waals surface area contributed by atoms with E-state index in [-0.39, 0.29) is 6.04 Å². The van der Waals surface area contributed by atoms with E-state index in [9.17, 15) is 0 Å². The van der Waals surface area contributed by atoms with Crippen molar-refractivity contribution in [3.8, 4) is 11.1 Å². The van der Waals surface area contributed by atoms with Crippen LogP contribution in [-0.2, 0) is 0 Å². The molecule has 1 aromatic carbocycles. The first-order chi connectivity index (χ1) is 11.8. The number of nitrogens with zero attached hydrogens (tertiary/aromatic N) is 4. The standard InChI is InChI=1S/C17H19N7/c18-14-6-8-24(11-14)17-19-7-5-16(23-17)22-15-3-1-12(2-4-15)13-9-20-21-10-13/h1-5,7,9-10,14H,6,8,11,18H2,(H,20,21)(H,19,22,23). The average Bonchev–Trinajstić information content (AvgIpc) is 3.28. The molecule has 3 aromatic rings. The van der Waals surface area contributed by atoms with Crippen LogP contribution in [0.3, 0.4) is 0 Å². The van der Waals surface area contributed by atoms with E-state index in [0.717, 1.165) is 48.1 Å². The van der Waals surface area contributed by atoms with Gasteiger partial charge in [-0.05, 0) is 30.2 Å². The molecule has 0 aliphatic carbocycles. The van der Waals surface area contributed by atoms with Gasteiger partial charge in [-0.25, -0.2) is 4.98 Å². The van der Waals surface area contributed by atoms with Crippen LogP contribution in [0.5, 0.6) is 0 Å². The molecule has 7 heteroatoms. The second kappa shape index (κ2) is 6.29. The second-order valence-electron chi connectivity index (χ2n) is 5.93. The molecule has 1 fully saturated rings. The van der Waals surface area contributed by atoms with Crippen LogP contribution in [0.4, 0.5) is 17.5 Å².